The summed E-state index contributed by atoms with van der Waals surface area (Å²) in [6, 6.07) is 0. The summed E-state index contributed by atoms with van der Waals surface area (Å²) in [6.07, 6.45) is 5.89. The molecule has 0 aliphatic carbocycles. The van der Waals surface area contributed by atoms with Gasteiger partial charge in [0.1, 0.15) is 6.26 Å². The van der Waals surface area contributed by atoms with Crippen molar-refractivity contribution >= 4 is 30.2 Å². The smallest absolute Gasteiger partial charge is 0.360 e. The fourth-order valence-electron chi connectivity index (χ4n) is 2.07. The zero-order chi connectivity index (χ0) is 19.3. The van der Waals surface area contributed by atoms with Crippen molar-refractivity contribution in [3.8, 4) is 0 Å². The molecule has 0 saturated carbocycles. The van der Waals surface area contributed by atoms with Crippen molar-refractivity contribution in [3.63, 3.8) is 0 Å². The van der Waals surface area contributed by atoms with Gasteiger partial charge in [0.05, 0.1) is 13.2 Å². The first kappa shape index (κ1) is 22.1. The highest BCUT2D eigenvalue weighted by Gasteiger charge is 2.38. The summed E-state index contributed by atoms with van der Waals surface area (Å²) in [5.74, 6) is 0.0676. The number of hydrogen-bond donors (Lipinski definition) is 0. The summed E-state index contributed by atoms with van der Waals surface area (Å²) >= 11 is 3.51. The molecule has 0 aliphatic heterocycles. The van der Waals surface area contributed by atoms with E-state index in [0.29, 0.717) is 12.3 Å². The van der Waals surface area contributed by atoms with Crippen molar-refractivity contribution in [1.29, 1.82) is 0 Å². The maximum Gasteiger partial charge on any atom is 0.360 e. The maximum absolute atomic E-state index is 11.4. The molecule has 0 fully saturated rings. The summed E-state index contributed by atoms with van der Waals surface area (Å²) in [5, 5.41) is 0.164. The molecule has 0 N–H and O–H groups in total. The molecule has 1 heterocycles. The third-order valence-electron chi connectivity index (χ3n) is 4.49. The van der Waals surface area contributed by atoms with Crippen LogP contribution in [0.15, 0.2) is 21.2 Å². The minimum atomic E-state index is -1.85. The van der Waals surface area contributed by atoms with Gasteiger partial charge in [-0.15, -0.1) is 0 Å². The van der Waals surface area contributed by atoms with Gasteiger partial charge in [-0.05, 0) is 48.5 Å². The van der Waals surface area contributed by atoms with Crippen LogP contribution in [-0.4, -0.2) is 32.5 Å². The predicted molar refractivity (Wildman–Crippen MR) is 106 cm³/mol. The van der Waals surface area contributed by atoms with Gasteiger partial charge < -0.3 is 13.6 Å². The van der Waals surface area contributed by atoms with Gasteiger partial charge in [-0.2, -0.15) is 0 Å². The molecule has 0 spiro atoms. The number of oxazole rings is 1. The van der Waals surface area contributed by atoms with E-state index in [9.17, 15) is 4.79 Å². The van der Waals surface area contributed by atoms with Crippen LogP contribution in [0.5, 0.6) is 0 Å². The van der Waals surface area contributed by atoms with Crippen molar-refractivity contribution < 1.29 is 18.4 Å². The molecule has 1 aromatic heterocycles. The van der Waals surface area contributed by atoms with Crippen LogP contribution in [0.2, 0.25) is 18.1 Å². The molecular formula is C18H30BrNO4Si. The number of aryl methyl sites for hydroxylation is 1. The van der Waals surface area contributed by atoms with Crippen LogP contribution >= 0.6 is 15.9 Å². The SMILES string of the molecule is COC(=O)c1coc(CCC[C@@H](/C=C(\C)Br)O[Si](C)(C)C(C)(C)C)n1. The fraction of sp³-hybridized carbons (Fsp3) is 0.667. The molecule has 7 heteroatoms. The van der Waals surface area contributed by atoms with Gasteiger partial charge in [0.2, 0.25) is 0 Å². The van der Waals surface area contributed by atoms with Crippen LogP contribution in [0.3, 0.4) is 0 Å². The van der Waals surface area contributed by atoms with E-state index in [2.05, 4.69) is 65.6 Å². The second-order valence-electron chi connectivity index (χ2n) is 7.68. The summed E-state index contributed by atoms with van der Waals surface area (Å²) in [4.78, 5) is 15.6. The molecule has 0 aliphatic rings. The molecule has 1 rings (SSSR count). The Morgan fingerprint density at radius 3 is 2.60 bits per heavy atom. The number of halogens is 1. The number of methoxy groups -OCH3 is 1. The highest BCUT2D eigenvalue weighted by molar-refractivity contribution is 9.11. The predicted octanol–water partition coefficient (Wildman–Crippen LogP) is 5.47. The van der Waals surface area contributed by atoms with Crippen LogP contribution in [0, 0.1) is 0 Å². The van der Waals surface area contributed by atoms with Gasteiger partial charge in [-0.1, -0.05) is 36.7 Å². The molecule has 25 heavy (non-hydrogen) atoms. The van der Waals surface area contributed by atoms with Crippen LogP contribution in [-0.2, 0) is 15.6 Å². The summed E-state index contributed by atoms with van der Waals surface area (Å²) in [5.41, 5.74) is 0.211. The van der Waals surface area contributed by atoms with E-state index in [1.165, 1.54) is 13.4 Å². The van der Waals surface area contributed by atoms with Crippen LogP contribution < -0.4 is 0 Å². The molecule has 1 aromatic rings. The number of aromatic nitrogens is 1. The van der Waals surface area contributed by atoms with E-state index in [0.717, 1.165) is 17.3 Å². The third-order valence-corrected chi connectivity index (χ3v) is 9.26. The lowest BCUT2D eigenvalue weighted by molar-refractivity contribution is 0.0594. The number of carbonyl (C=O) groups is 1. The Bertz CT molecular complexity index is 600. The Morgan fingerprint density at radius 1 is 1.44 bits per heavy atom. The number of rotatable bonds is 8. The molecule has 142 valence electrons. The fourth-order valence-corrected chi connectivity index (χ4v) is 3.66. The lowest BCUT2D eigenvalue weighted by Gasteiger charge is -2.38. The van der Waals surface area contributed by atoms with Gasteiger partial charge in [0.25, 0.3) is 0 Å². The molecule has 0 radical (unpaired) electrons. The summed E-state index contributed by atoms with van der Waals surface area (Å²) in [7, 11) is -0.518. The number of nitrogens with zero attached hydrogens (tertiary/aromatic N) is 1. The first-order chi connectivity index (χ1) is 11.5. The lowest BCUT2D eigenvalue weighted by atomic mass is 10.1. The lowest BCUT2D eigenvalue weighted by Crippen LogP contribution is -2.43. The van der Waals surface area contributed by atoms with E-state index in [1.807, 2.05) is 6.92 Å². The molecule has 0 saturated heterocycles. The number of carbonyl (C=O) groups excluding carboxylic acids is 1. The normalized spacial score (nSPS) is 14.5. The van der Waals surface area contributed by atoms with Gasteiger partial charge >= 0.3 is 5.97 Å². The number of allylic oxidation sites excluding steroid dienone is 1. The Labute approximate surface area is 160 Å². The van der Waals surface area contributed by atoms with Crippen molar-refractivity contribution in [1.82, 2.24) is 4.98 Å². The Hall–Kier alpha value is -0.923. The molecule has 0 unspecified atom stereocenters. The molecule has 0 amide bonds. The van der Waals surface area contributed by atoms with Crippen molar-refractivity contribution in [2.24, 2.45) is 0 Å². The first-order valence-corrected chi connectivity index (χ1v) is 12.2. The summed E-state index contributed by atoms with van der Waals surface area (Å²) in [6.45, 7) is 13.2. The van der Waals surface area contributed by atoms with E-state index in [4.69, 9.17) is 8.84 Å². The van der Waals surface area contributed by atoms with Crippen molar-refractivity contribution in [2.75, 3.05) is 7.11 Å². The van der Waals surface area contributed by atoms with E-state index in [1.54, 1.807) is 0 Å². The highest BCUT2D eigenvalue weighted by Crippen LogP contribution is 2.38. The van der Waals surface area contributed by atoms with Gasteiger partial charge in [0.15, 0.2) is 19.9 Å². The van der Waals surface area contributed by atoms with Gasteiger partial charge in [-0.25, -0.2) is 9.78 Å². The van der Waals surface area contributed by atoms with E-state index >= 15 is 0 Å². The molecule has 0 bridgehead atoms. The largest absolute Gasteiger partial charge is 0.464 e. The average molecular weight is 432 g/mol. The van der Waals surface area contributed by atoms with Crippen molar-refractivity contribution in [3.05, 3.63) is 28.4 Å². The van der Waals surface area contributed by atoms with E-state index in [-0.39, 0.29) is 16.8 Å². The Balaban J connectivity index is 2.67. The Kier molecular flexibility index (Phi) is 8.09. The number of ether oxygens (including phenoxy) is 1. The molecular weight excluding hydrogens is 402 g/mol. The first-order valence-electron chi connectivity index (χ1n) is 8.50. The Morgan fingerprint density at radius 2 is 2.08 bits per heavy atom. The zero-order valence-corrected chi connectivity index (χ0v) is 18.9. The maximum atomic E-state index is 11.4. The quantitative estimate of drug-likeness (QED) is 0.403. The second-order valence-corrected chi connectivity index (χ2v) is 13.7. The standard InChI is InChI=1S/C18H30BrNO4Si/c1-13(19)11-14(24-25(6,7)18(2,3)4)9-8-10-16-20-15(12-23-16)17(21)22-5/h11-12,14H,8-10H2,1-7H3/b13-11+/t14-/m0/s1. The minimum Gasteiger partial charge on any atom is -0.464 e. The van der Waals surface area contributed by atoms with Crippen LogP contribution in [0.25, 0.3) is 0 Å². The second kappa shape index (κ2) is 9.14. The topological polar surface area (TPSA) is 61.6 Å². The number of esters is 1. The molecule has 5 nitrogen and oxygen atoms in total. The highest BCUT2D eigenvalue weighted by atomic mass is 79.9. The molecule has 1 atom stereocenters. The van der Waals surface area contributed by atoms with Gasteiger partial charge in [0, 0.05) is 6.42 Å². The average Bonchev–Trinajstić information content (AvgIpc) is 2.93. The minimum absolute atomic E-state index is 0.0512. The van der Waals surface area contributed by atoms with E-state index < -0.39 is 14.3 Å². The number of hydrogen-bond acceptors (Lipinski definition) is 5. The summed E-state index contributed by atoms with van der Waals surface area (Å²) < 4.78 is 17.6. The monoisotopic (exact) mass is 431 g/mol. The third kappa shape index (κ3) is 7.07. The van der Waals surface area contributed by atoms with Crippen LogP contribution in [0.4, 0.5) is 0 Å². The van der Waals surface area contributed by atoms with Crippen molar-refractivity contribution in [2.45, 2.75) is 71.2 Å². The van der Waals surface area contributed by atoms with Crippen LogP contribution in [0.1, 0.15) is 56.9 Å². The molecule has 0 aromatic carbocycles. The van der Waals surface area contributed by atoms with Gasteiger partial charge in [-0.3, -0.25) is 0 Å². The zero-order valence-electron chi connectivity index (χ0n) is 16.3.